The van der Waals surface area contributed by atoms with Crippen molar-refractivity contribution in [2.75, 3.05) is 11.4 Å². The number of hydrogen-bond acceptors (Lipinski definition) is 2. The highest BCUT2D eigenvalue weighted by atomic mass is 79.9. The van der Waals surface area contributed by atoms with E-state index in [4.69, 9.17) is 5.11 Å². The Labute approximate surface area is 122 Å². The minimum absolute atomic E-state index is 0.129. The molecule has 104 valence electrons. The zero-order valence-electron chi connectivity index (χ0n) is 11.6. The van der Waals surface area contributed by atoms with Crippen molar-refractivity contribution in [1.82, 2.24) is 0 Å². The fraction of sp³-hybridized carbons (Fsp3) is 0.533. The molecule has 0 radical (unpaired) electrons. The Kier molecular flexibility index (Phi) is 3.90. The maximum Gasteiger partial charge on any atom is 0.303 e. The van der Waals surface area contributed by atoms with Crippen LogP contribution in [0.5, 0.6) is 0 Å². The van der Waals surface area contributed by atoms with Crippen molar-refractivity contribution >= 4 is 27.6 Å². The lowest BCUT2D eigenvalue weighted by Crippen LogP contribution is -2.43. The number of anilines is 1. The smallest absolute Gasteiger partial charge is 0.303 e. The Morgan fingerprint density at radius 3 is 2.79 bits per heavy atom. The number of carbonyl (C=O) groups is 1. The van der Waals surface area contributed by atoms with E-state index in [2.05, 4.69) is 59.8 Å². The van der Waals surface area contributed by atoms with Crippen LogP contribution in [0.1, 0.15) is 32.3 Å². The maximum absolute atomic E-state index is 11.0. The third kappa shape index (κ3) is 2.78. The van der Waals surface area contributed by atoms with Crippen molar-refractivity contribution in [3.63, 3.8) is 0 Å². The van der Waals surface area contributed by atoms with E-state index in [0.29, 0.717) is 0 Å². The highest BCUT2D eigenvalue weighted by Gasteiger charge is 2.42. The minimum atomic E-state index is -0.706. The van der Waals surface area contributed by atoms with Gasteiger partial charge in [0.05, 0.1) is 12.1 Å². The van der Waals surface area contributed by atoms with Gasteiger partial charge in [-0.2, -0.15) is 0 Å². The van der Waals surface area contributed by atoms with Gasteiger partial charge in [-0.25, -0.2) is 0 Å². The van der Waals surface area contributed by atoms with Crippen LogP contribution >= 0.6 is 15.9 Å². The first-order valence-corrected chi connectivity index (χ1v) is 7.37. The summed E-state index contributed by atoms with van der Waals surface area (Å²) in [5.74, 6) is -0.513. The van der Waals surface area contributed by atoms with Gasteiger partial charge in [0.1, 0.15) is 0 Å². The first-order valence-electron chi connectivity index (χ1n) is 6.58. The fourth-order valence-electron chi connectivity index (χ4n) is 2.97. The van der Waals surface area contributed by atoms with Crippen LogP contribution < -0.4 is 4.90 Å². The summed E-state index contributed by atoms with van der Waals surface area (Å²) in [6.07, 6.45) is 1.17. The van der Waals surface area contributed by atoms with Gasteiger partial charge in [-0.15, -0.1) is 0 Å². The summed E-state index contributed by atoms with van der Waals surface area (Å²) in [5, 5.41) is 9.03. The topological polar surface area (TPSA) is 40.5 Å². The number of rotatable bonds is 3. The third-order valence-electron chi connectivity index (χ3n) is 4.21. The first-order chi connectivity index (χ1) is 8.82. The molecule has 2 rings (SSSR count). The second kappa shape index (κ2) is 5.16. The quantitative estimate of drug-likeness (QED) is 0.917. The predicted octanol–water partition coefficient (Wildman–Crippen LogP) is 3.84. The van der Waals surface area contributed by atoms with Gasteiger partial charge >= 0.3 is 5.97 Å². The van der Waals surface area contributed by atoms with Crippen molar-refractivity contribution < 1.29 is 9.90 Å². The highest BCUT2D eigenvalue weighted by Crippen LogP contribution is 2.42. The van der Waals surface area contributed by atoms with Gasteiger partial charge < -0.3 is 10.0 Å². The lowest BCUT2D eigenvalue weighted by molar-refractivity contribution is -0.138. The van der Waals surface area contributed by atoms with Crippen LogP contribution in [0.3, 0.4) is 0 Å². The zero-order valence-corrected chi connectivity index (χ0v) is 13.2. The van der Waals surface area contributed by atoms with Crippen LogP contribution in [0, 0.1) is 12.8 Å². The molecule has 1 unspecified atom stereocenters. The van der Waals surface area contributed by atoms with Crippen molar-refractivity contribution in [1.29, 1.82) is 0 Å². The molecule has 1 N–H and O–H groups in total. The van der Waals surface area contributed by atoms with E-state index in [-0.39, 0.29) is 17.9 Å². The normalized spacial score (nSPS) is 21.7. The molecule has 3 nitrogen and oxygen atoms in total. The molecule has 1 heterocycles. The van der Waals surface area contributed by atoms with E-state index in [1.54, 1.807) is 0 Å². The van der Waals surface area contributed by atoms with Crippen LogP contribution in [-0.4, -0.2) is 23.2 Å². The monoisotopic (exact) mass is 325 g/mol. The van der Waals surface area contributed by atoms with Crippen molar-refractivity contribution in [2.45, 2.75) is 39.2 Å². The van der Waals surface area contributed by atoms with Crippen LogP contribution in [0.2, 0.25) is 0 Å². The number of halogens is 1. The van der Waals surface area contributed by atoms with Crippen molar-refractivity contribution in [3.05, 3.63) is 28.2 Å². The summed E-state index contributed by atoms with van der Waals surface area (Å²) >= 11 is 3.62. The SMILES string of the molecule is Cc1ccc(N2CCC(CC(=O)O)C2(C)C)c(Br)c1. The van der Waals surface area contributed by atoms with E-state index in [1.165, 1.54) is 5.56 Å². The number of benzene rings is 1. The van der Waals surface area contributed by atoms with Crippen molar-refractivity contribution in [3.8, 4) is 0 Å². The highest BCUT2D eigenvalue weighted by molar-refractivity contribution is 9.10. The van der Waals surface area contributed by atoms with E-state index in [9.17, 15) is 4.79 Å². The number of carboxylic acids is 1. The van der Waals surface area contributed by atoms with E-state index in [0.717, 1.165) is 23.1 Å². The molecule has 0 aliphatic carbocycles. The van der Waals surface area contributed by atoms with Gasteiger partial charge in [-0.05, 0) is 66.7 Å². The average molecular weight is 326 g/mol. The van der Waals surface area contributed by atoms with Crippen LogP contribution in [0.15, 0.2) is 22.7 Å². The Hall–Kier alpha value is -1.03. The molecule has 0 bridgehead atoms. The maximum atomic E-state index is 11.0. The van der Waals surface area contributed by atoms with E-state index in [1.807, 2.05) is 0 Å². The summed E-state index contributed by atoms with van der Waals surface area (Å²) in [7, 11) is 0. The minimum Gasteiger partial charge on any atom is -0.481 e. The largest absolute Gasteiger partial charge is 0.481 e. The van der Waals surface area contributed by atoms with Gasteiger partial charge in [-0.3, -0.25) is 4.79 Å². The Morgan fingerprint density at radius 1 is 1.53 bits per heavy atom. The third-order valence-corrected chi connectivity index (χ3v) is 4.85. The summed E-state index contributed by atoms with van der Waals surface area (Å²) in [4.78, 5) is 13.3. The summed E-state index contributed by atoms with van der Waals surface area (Å²) in [6, 6.07) is 6.32. The van der Waals surface area contributed by atoms with Gasteiger partial charge in [0, 0.05) is 16.6 Å². The number of carboxylic acid groups (broad SMARTS) is 1. The van der Waals surface area contributed by atoms with Gasteiger partial charge in [0.2, 0.25) is 0 Å². The molecular formula is C15H20BrNO2. The second-order valence-corrected chi connectivity index (χ2v) is 6.70. The number of aryl methyl sites for hydroxylation is 1. The molecule has 1 fully saturated rings. The molecule has 19 heavy (non-hydrogen) atoms. The fourth-order valence-corrected chi connectivity index (χ4v) is 3.68. The molecule has 0 amide bonds. The van der Waals surface area contributed by atoms with Gasteiger partial charge in [-0.1, -0.05) is 6.07 Å². The summed E-state index contributed by atoms with van der Waals surface area (Å²) in [6.45, 7) is 7.25. The Balaban J connectivity index is 2.29. The van der Waals surface area contributed by atoms with Crippen molar-refractivity contribution in [2.24, 2.45) is 5.92 Å². The van der Waals surface area contributed by atoms with Gasteiger partial charge in [0.25, 0.3) is 0 Å². The predicted molar refractivity (Wildman–Crippen MR) is 80.7 cm³/mol. The van der Waals surface area contributed by atoms with Gasteiger partial charge in [0.15, 0.2) is 0 Å². The molecule has 1 aliphatic rings. The molecule has 4 heteroatoms. The molecule has 1 aromatic rings. The number of nitrogens with zero attached hydrogens (tertiary/aromatic N) is 1. The average Bonchev–Trinajstić information content (AvgIpc) is 2.55. The summed E-state index contributed by atoms with van der Waals surface area (Å²) in [5.41, 5.74) is 2.24. The van der Waals surface area contributed by atoms with E-state index < -0.39 is 5.97 Å². The molecule has 0 aromatic heterocycles. The van der Waals surface area contributed by atoms with Crippen LogP contribution in [-0.2, 0) is 4.79 Å². The Bertz CT molecular complexity index is 499. The van der Waals surface area contributed by atoms with E-state index >= 15 is 0 Å². The zero-order chi connectivity index (χ0) is 14.2. The van der Waals surface area contributed by atoms with Crippen LogP contribution in [0.4, 0.5) is 5.69 Å². The molecule has 0 spiro atoms. The molecule has 0 saturated carbocycles. The lowest BCUT2D eigenvalue weighted by atomic mass is 9.85. The van der Waals surface area contributed by atoms with Crippen LogP contribution in [0.25, 0.3) is 0 Å². The first kappa shape index (κ1) is 14.4. The number of aliphatic carboxylic acids is 1. The molecule has 1 saturated heterocycles. The standard InChI is InChI=1S/C15H20BrNO2/c1-10-4-5-13(12(16)8-10)17-7-6-11(9-14(18)19)15(17,2)3/h4-5,8,11H,6-7,9H2,1-3H3,(H,18,19). The molecule has 1 aliphatic heterocycles. The molecule has 1 aromatic carbocycles. The summed E-state index contributed by atoms with van der Waals surface area (Å²) < 4.78 is 1.08. The Morgan fingerprint density at radius 2 is 2.21 bits per heavy atom. The molecular weight excluding hydrogens is 306 g/mol. The number of hydrogen-bond donors (Lipinski definition) is 1. The second-order valence-electron chi connectivity index (χ2n) is 5.84. The molecule has 1 atom stereocenters. The lowest BCUT2D eigenvalue weighted by Gasteiger charge is -2.38.